The zero-order valence-corrected chi connectivity index (χ0v) is 13.5. The number of aliphatic hydroxyl groups is 1. The number of urea groups is 1. The van der Waals surface area contributed by atoms with Gasteiger partial charge in [-0.25, -0.2) is 9.78 Å². The highest BCUT2D eigenvalue weighted by Crippen LogP contribution is 2.17. The maximum Gasteiger partial charge on any atom is 0.315 e. The molecule has 1 atom stereocenters. The standard InChI is InChI=1S/C17H23N3O3/c1-3-9-17(2,12-21)20-16(22)18-10-14-11-23-15(19-14)13-7-5-4-6-8-13/h4-8,11,21H,3,9-10,12H2,1-2H3,(H2,18,20,22). The summed E-state index contributed by atoms with van der Waals surface area (Å²) in [6.07, 6.45) is 3.11. The number of hydrogen-bond acceptors (Lipinski definition) is 4. The van der Waals surface area contributed by atoms with E-state index in [1.165, 1.54) is 6.26 Å². The summed E-state index contributed by atoms with van der Waals surface area (Å²) in [5.74, 6) is 0.522. The van der Waals surface area contributed by atoms with Gasteiger partial charge in [-0.15, -0.1) is 0 Å². The van der Waals surface area contributed by atoms with Crippen molar-refractivity contribution in [2.24, 2.45) is 0 Å². The van der Waals surface area contributed by atoms with E-state index in [0.717, 1.165) is 12.0 Å². The van der Waals surface area contributed by atoms with E-state index in [4.69, 9.17) is 4.42 Å². The zero-order valence-electron chi connectivity index (χ0n) is 13.5. The van der Waals surface area contributed by atoms with Crippen molar-refractivity contribution in [2.75, 3.05) is 6.61 Å². The first-order chi connectivity index (χ1) is 11.1. The van der Waals surface area contributed by atoms with Crippen molar-refractivity contribution in [1.82, 2.24) is 15.6 Å². The van der Waals surface area contributed by atoms with E-state index in [0.29, 0.717) is 18.0 Å². The Morgan fingerprint density at radius 1 is 1.35 bits per heavy atom. The molecule has 1 aromatic carbocycles. The van der Waals surface area contributed by atoms with Crippen LogP contribution in [-0.4, -0.2) is 28.3 Å². The fourth-order valence-corrected chi connectivity index (χ4v) is 2.32. The van der Waals surface area contributed by atoms with Crippen molar-refractivity contribution < 1.29 is 14.3 Å². The number of benzene rings is 1. The molecular formula is C17H23N3O3. The summed E-state index contributed by atoms with van der Waals surface area (Å²) < 4.78 is 5.42. The smallest absolute Gasteiger partial charge is 0.315 e. The number of rotatable bonds is 7. The van der Waals surface area contributed by atoms with Crippen LogP contribution in [0.4, 0.5) is 4.79 Å². The number of amides is 2. The van der Waals surface area contributed by atoms with E-state index in [2.05, 4.69) is 15.6 Å². The molecule has 1 unspecified atom stereocenters. The number of hydrogen-bond donors (Lipinski definition) is 3. The van der Waals surface area contributed by atoms with Gasteiger partial charge in [0.15, 0.2) is 0 Å². The van der Waals surface area contributed by atoms with Gasteiger partial charge < -0.3 is 20.2 Å². The van der Waals surface area contributed by atoms with E-state index in [1.807, 2.05) is 44.2 Å². The summed E-state index contributed by atoms with van der Waals surface area (Å²) in [6, 6.07) is 9.23. The summed E-state index contributed by atoms with van der Waals surface area (Å²) in [4.78, 5) is 16.3. The lowest BCUT2D eigenvalue weighted by molar-refractivity contribution is 0.163. The Hall–Kier alpha value is -2.34. The van der Waals surface area contributed by atoms with Gasteiger partial charge in [0.05, 0.1) is 24.4 Å². The van der Waals surface area contributed by atoms with Crippen LogP contribution in [0.3, 0.4) is 0 Å². The molecule has 2 amide bonds. The number of carbonyl (C=O) groups is 1. The third kappa shape index (κ3) is 4.82. The van der Waals surface area contributed by atoms with Crippen molar-refractivity contribution in [3.05, 3.63) is 42.3 Å². The number of carbonyl (C=O) groups excluding carboxylic acids is 1. The normalized spacial score (nSPS) is 13.3. The van der Waals surface area contributed by atoms with Gasteiger partial charge in [0.25, 0.3) is 0 Å². The lowest BCUT2D eigenvalue weighted by atomic mass is 9.98. The Labute approximate surface area is 135 Å². The van der Waals surface area contributed by atoms with Gasteiger partial charge in [0.1, 0.15) is 6.26 Å². The zero-order chi connectivity index (χ0) is 16.7. The largest absolute Gasteiger partial charge is 0.444 e. The Bertz CT molecular complexity index is 627. The number of aromatic nitrogens is 1. The Morgan fingerprint density at radius 2 is 2.09 bits per heavy atom. The van der Waals surface area contributed by atoms with E-state index in [1.54, 1.807) is 0 Å². The van der Waals surface area contributed by atoms with Crippen molar-refractivity contribution in [3.8, 4) is 11.5 Å². The van der Waals surface area contributed by atoms with Gasteiger partial charge in [0, 0.05) is 5.56 Å². The average Bonchev–Trinajstić information content (AvgIpc) is 3.03. The highest BCUT2D eigenvalue weighted by molar-refractivity contribution is 5.74. The van der Waals surface area contributed by atoms with Crippen LogP contribution < -0.4 is 10.6 Å². The molecule has 1 heterocycles. The van der Waals surface area contributed by atoms with Gasteiger partial charge in [-0.1, -0.05) is 31.5 Å². The predicted octanol–water partition coefficient (Wildman–Crippen LogP) is 2.69. The molecule has 124 valence electrons. The van der Waals surface area contributed by atoms with Crippen LogP contribution in [0.15, 0.2) is 41.0 Å². The third-order valence-corrected chi connectivity index (χ3v) is 3.57. The second-order valence-corrected chi connectivity index (χ2v) is 5.79. The van der Waals surface area contributed by atoms with Gasteiger partial charge in [-0.2, -0.15) is 0 Å². The maximum atomic E-state index is 12.0. The summed E-state index contributed by atoms with van der Waals surface area (Å²) in [7, 11) is 0. The number of oxazole rings is 1. The third-order valence-electron chi connectivity index (χ3n) is 3.57. The lowest BCUT2D eigenvalue weighted by Crippen LogP contribution is -2.52. The van der Waals surface area contributed by atoms with Crippen LogP contribution in [0, 0.1) is 0 Å². The lowest BCUT2D eigenvalue weighted by Gasteiger charge is -2.28. The van der Waals surface area contributed by atoms with Crippen LogP contribution in [0.25, 0.3) is 11.5 Å². The number of nitrogens with one attached hydrogen (secondary N) is 2. The van der Waals surface area contributed by atoms with Gasteiger partial charge >= 0.3 is 6.03 Å². The molecule has 23 heavy (non-hydrogen) atoms. The summed E-state index contributed by atoms with van der Waals surface area (Å²) in [6.45, 7) is 3.99. The molecule has 6 heteroatoms. The quantitative estimate of drug-likeness (QED) is 0.732. The minimum atomic E-state index is -0.613. The molecular weight excluding hydrogens is 294 g/mol. The second-order valence-electron chi connectivity index (χ2n) is 5.79. The highest BCUT2D eigenvalue weighted by Gasteiger charge is 2.24. The van der Waals surface area contributed by atoms with E-state index < -0.39 is 5.54 Å². The predicted molar refractivity (Wildman–Crippen MR) is 87.7 cm³/mol. The van der Waals surface area contributed by atoms with Crippen LogP contribution >= 0.6 is 0 Å². The van der Waals surface area contributed by atoms with Crippen molar-refractivity contribution >= 4 is 6.03 Å². The van der Waals surface area contributed by atoms with E-state index >= 15 is 0 Å². The molecule has 0 fully saturated rings. The molecule has 0 saturated carbocycles. The molecule has 2 aromatic rings. The Balaban J connectivity index is 1.89. The van der Waals surface area contributed by atoms with Crippen LogP contribution in [-0.2, 0) is 6.54 Å². The highest BCUT2D eigenvalue weighted by atomic mass is 16.3. The summed E-state index contributed by atoms with van der Waals surface area (Å²) in [5.41, 5.74) is 0.914. The molecule has 0 aliphatic carbocycles. The van der Waals surface area contributed by atoms with Gasteiger partial charge in [0.2, 0.25) is 5.89 Å². The summed E-state index contributed by atoms with van der Waals surface area (Å²) in [5, 5.41) is 14.9. The van der Waals surface area contributed by atoms with Crippen LogP contribution in [0.2, 0.25) is 0 Å². The molecule has 1 aromatic heterocycles. The fourth-order valence-electron chi connectivity index (χ4n) is 2.32. The van der Waals surface area contributed by atoms with Crippen LogP contribution in [0.5, 0.6) is 0 Å². The minimum Gasteiger partial charge on any atom is -0.444 e. The topological polar surface area (TPSA) is 87.4 Å². The molecule has 0 bridgehead atoms. The molecule has 0 spiro atoms. The Morgan fingerprint density at radius 3 is 2.74 bits per heavy atom. The summed E-state index contributed by atoms with van der Waals surface area (Å²) >= 11 is 0. The van der Waals surface area contributed by atoms with Crippen LogP contribution in [0.1, 0.15) is 32.4 Å². The maximum absolute atomic E-state index is 12.0. The Kier molecular flexibility index (Phi) is 5.76. The van der Waals surface area contributed by atoms with E-state index in [9.17, 15) is 9.90 Å². The molecule has 0 saturated heterocycles. The fraction of sp³-hybridized carbons (Fsp3) is 0.412. The molecule has 6 nitrogen and oxygen atoms in total. The minimum absolute atomic E-state index is 0.101. The number of aliphatic hydroxyl groups excluding tert-OH is 1. The van der Waals surface area contributed by atoms with Gasteiger partial charge in [-0.3, -0.25) is 0 Å². The first-order valence-electron chi connectivity index (χ1n) is 7.73. The average molecular weight is 317 g/mol. The molecule has 3 N–H and O–H groups in total. The molecule has 0 aliphatic rings. The van der Waals surface area contributed by atoms with E-state index in [-0.39, 0.29) is 19.2 Å². The molecule has 0 aliphatic heterocycles. The monoisotopic (exact) mass is 317 g/mol. The number of nitrogens with zero attached hydrogens (tertiary/aromatic N) is 1. The first kappa shape index (κ1) is 17.0. The first-order valence-corrected chi connectivity index (χ1v) is 7.73. The van der Waals surface area contributed by atoms with Crippen molar-refractivity contribution in [2.45, 2.75) is 38.8 Å². The van der Waals surface area contributed by atoms with Crippen molar-refractivity contribution in [1.29, 1.82) is 0 Å². The second kappa shape index (κ2) is 7.78. The molecule has 2 rings (SSSR count). The van der Waals surface area contributed by atoms with Crippen molar-refractivity contribution in [3.63, 3.8) is 0 Å². The molecule has 0 radical (unpaired) electrons. The van der Waals surface area contributed by atoms with Gasteiger partial charge in [-0.05, 0) is 25.5 Å². The SMILES string of the molecule is CCCC(C)(CO)NC(=O)NCc1coc(-c2ccccc2)n1.